The first-order valence-electron chi connectivity index (χ1n) is 8.26. The number of hydrogen-bond donors (Lipinski definition) is 1. The van der Waals surface area contributed by atoms with Crippen molar-refractivity contribution in [3.05, 3.63) is 65.7 Å². The maximum absolute atomic E-state index is 13.3. The Balaban J connectivity index is 2.14. The van der Waals surface area contributed by atoms with Gasteiger partial charge in [0.25, 0.3) is 0 Å². The van der Waals surface area contributed by atoms with Crippen molar-refractivity contribution in [2.45, 2.75) is 25.2 Å². The number of hydrazone groups is 1. The molecular weight excluding hydrogens is 355 g/mol. The van der Waals surface area contributed by atoms with Crippen LogP contribution in [0.1, 0.15) is 24.5 Å². The summed E-state index contributed by atoms with van der Waals surface area (Å²) in [6.07, 6.45) is -1.68. The fourth-order valence-electron chi connectivity index (χ4n) is 3.03. The van der Waals surface area contributed by atoms with Crippen molar-refractivity contribution in [1.82, 2.24) is 0 Å². The van der Waals surface area contributed by atoms with Crippen LogP contribution in [0.4, 0.5) is 24.5 Å². The number of aliphatic hydroxyl groups is 1. The van der Waals surface area contributed by atoms with Gasteiger partial charge in [-0.1, -0.05) is 48.6 Å². The molecule has 140 valence electrons. The van der Waals surface area contributed by atoms with Crippen LogP contribution < -0.4 is 5.01 Å². The predicted molar refractivity (Wildman–Crippen MR) is 101 cm³/mol. The highest BCUT2D eigenvalue weighted by Gasteiger charge is 2.51. The van der Waals surface area contributed by atoms with Gasteiger partial charge in [0, 0.05) is 5.56 Å². The molecule has 2 aromatic rings. The predicted octanol–water partition coefficient (Wildman–Crippen LogP) is 5.03. The van der Waals surface area contributed by atoms with E-state index < -0.39 is 24.0 Å². The van der Waals surface area contributed by atoms with E-state index in [0.717, 1.165) is 10.6 Å². The number of rotatable bonds is 4. The Bertz CT molecular complexity index is 906. The van der Waals surface area contributed by atoms with E-state index >= 15 is 0 Å². The lowest BCUT2D eigenvalue weighted by Gasteiger charge is -2.33. The van der Waals surface area contributed by atoms with E-state index in [-0.39, 0.29) is 5.69 Å². The molecule has 3 rings (SSSR count). The number of anilines is 1. The van der Waals surface area contributed by atoms with Crippen LogP contribution in [0, 0.1) is 0 Å². The zero-order valence-electron chi connectivity index (χ0n) is 14.6. The van der Waals surface area contributed by atoms with Gasteiger partial charge in [0.15, 0.2) is 5.72 Å². The Hall–Kier alpha value is -2.93. The average molecular weight is 373 g/mol. The van der Waals surface area contributed by atoms with Crippen molar-refractivity contribution in [2.75, 3.05) is 5.01 Å². The minimum atomic E-state index is -4.64. The van der Waals surface area contributed by atoms with Crippen LogP contribution in [0.2, 0.25) is 0 Å². The normalized spacial score (nSPS) is 20.2. The maximum atomic E-state index is 13.3. The van der Waals surface area contributed by atoms with Crippen LogP contribution in [0.5, 0.6) is 0 Å². The van der Waals surface area contributed by atoms with Crippen molar-refractivity contribution in [3.63, 3.8) is 0 Å². The molecule has 1 heterocycles. The van der Waals surface area contributed by atoms with Gasteiger partial charge in [-0.15, -0.1) is 0 Å². The number of halogens is 3. The number of nitrogens with zero attached hydrogens (tertiary/aromatic N) is 3. The van der Waals surface area contributed by atoms with Crippen LogP contribution in [-0.2, 0) is 5.72 Å². The number of alkyl halides is 3. The summed E-state index contributed by atoms with van der Waals surface area (Å²) < 4.78 is 39.9. The maximum Gasteiger partial charge on any atom is 0.431 e. The average Bonchev–Trinajstić information content (AvgIpc) is 3.02. The molecule has 0 saturated carbocycles. The Kier molecular flexibility index (Phi) is 4.89. The molecule has 0 fully saturated rings. The summed E-state index contributed by atoms with van der Waals surface area (Å²) in [4.78, 5) is 3.93. The van der Waals surface area contributed by atoms with E-state index in [2.05, 4.69) is 16.8 Å². The summed E-state index contributed by atoms with van der Waals surface area (Å²) >= 11 is 0. The molecule has 27 heavy (non-hydrogen) atoms. The third-order valence-electron chi connectivity index (χ3n) is 4.32. The minimum absolute atomic E-state index is 0.288. The molecular formula is C20H18F3N3O. The van der Waals surface area contributed by atoms with Crippen LogP contribution >= 0.6 is 0 Å². The lowest BCUT2D eigenvalue weighted by molar-refractivity contribution is -0.0626. The molecule has 0 amide bonds. The Morgan fingerprint density at radius 2 is 1.93 bits per heavy atom. The second-order valence-corrected chi connectivity index (χ2v) is 6.12. The number of allylic oxidation sites excluding steroid dienone is 1. The summed E-state index contributed by atoms with van der Waals surface area (Å²) in [6.45, 7) is 5.35. The lowest BCUT2D eigenvalue weighted by atomic mass is 9.96. The highest BCUT2D eigenvalue weighted by atomic mass is 19.4. The number of benzene rings is 2. The lowest BCUT2D eigenvalue weighted by Crippen LogP contribution is -2.40. The molecule has 4 nitrogen and oxygen atoms in total. The highest BCUT2D eigenvalue weighted by Crippen LogP contribution is 2.43. The fraction of sp³-hybridized carbons (Fsp3) is 0.200. The molecule has 0 spiro atoms. The zero-order chi connectivity index (χ0) is 19.7. The van der Waals surface area contributed by atoms with Gasteiger partial charge in [0.2, 0.25) is 0 Å². The van der Waals surface area contributed by atoms with E-state index in [0.29, 0.717) is 11.3 Å². The third kappa shape index (κ3) is 3.50. The first-order chi connectivity index (χ1) is 12.8. The van der Waals surface area contributed by atoms with Crippen molar-refractivity contribution in [3.8, 4) is 0 Å². The van der Waals surface area contributed by atoms with Gasteiger partial charge in [-0.25, -0.2) is 5.01 Å². The van der Waals surface area contributed by atoms with Crippen LogP contribution in [0.3, 0.4) is 0 Å². The molecule has 0 aliphatic carbocycles. The van der Waals surface area contributed by atoms with Gasteiger partial charge < -0.3 is 5.11 Å². The highest BCUT2D eigenvalue weighted by molar-refractivity contribution is 5.94. The molecule has 1 N–H and O–H groups in total. The summed E-state index contributed by atoms with van der Waals surface area (Å²) in [7, 11) is 0. The van der Waals surface area contributed by atoms with Crippen molar-refractivity contribution < 1.29 is 18.3 Å². The number of hydrogen-bond acceptors (Lipinski definition) is 4. The van der Waals surface area contributed by atoms with Crippen molar-refractivity contribution >= 4 is 29.9 Å². The smallest absolute Gasteiger partial charge is 0.365 e. The molecule has 1 aliphatic heterocycles. The molecule has 0 aromatic heterocycles. The summed E-state index contributed by atoms with van der Waals surface area (Å²) in [5.74, 6) is 0. The Morgan fingerprint density at radius 3 is 2.52 bits per heavy atom. The van der Waals surface area contributed by atoms with Gasteiger partial charge in [-0.3, -0.25) is 4.99 Å². The third-order valence-corrected chi connectivity index (χ3v) is 4.32. The van der Waals surface area contributed by atoms with E-state index in [1.54, 1.807) is 48.5 Å². The monoisotopic (exact) mass is 373 g/mol. The Labute approximate surface area is 155 Å². The molecule has 0 saturated heterocycles. The fourth-order valence-corrected chi connectivity index (χ4v) is 3.03. The quantitative estimate of drug-likeness (QED) is 0.765. The summed E-state index contributed by atoms with van der Waals surface area (Å²) in [5, 5.41) is 15.9. The summed E-state index contributed by atoms with van der Waals surface area (Å²) in [5.41, 5.74) is -1.14. The van der Waals surface area contributed by atoms with Gasteiger partial charge in [-0.05, 0) is 31.3 Å². The van der Waals surface area contributed by atoms with Crippen LogP contribution in [0.25, 0.3) is 6.08 Å². The van der Waals surface area contributed by atoms with E-state index in [1.807, 2.05) is 19.1 Å². The second kappa shape index (κ2) is 7.00. The molecule has 0 radical (unpaired) electrons. The van der Waals surface area contributed by atoms with Gasteiger partial charge in [-0.2, -0.15) is 18.3 Å². The first-order valence-corrected chi connectivity index (χ1v) is 8.26. The second-order valence-electron chi connectivity index (χ2n) is 6.12. The molecule has 1 aliphatic rings. The van der Waals surface area contributed by atoms with E-state index in [1.165, 1.54) is 0 Å². The number of aliphatic imine (C=N–C) groups is 1. The Morgan fingerprint density at radius 1 is 1.22 bits per heavy atom. The molecule has 1 unspecified atom stereocenters. The van der Waals surface area contributed by atoms with Gasteiger partial charge >= 0.3 is 6.18 Å². The first kappa shape index (κ1) is 18.8. The van der Waals surface area contributed by atoms with Gasteiger partial charge in [0.1, 0.15) is 5.71 Å². The van der Waals surface area contributed by atoms with E-state index in [9.17, 15) is 18.3 Å². The van der Waals surface area contributed by atoms with Gasteiger partial charge in [0.05, 0.1) is 17.8 Å². The topological polar surface area (TPSA) is 48.2 Å². The molecule has 0 bridgehead atoms. The SMILES string of the molecule is C=Nc1cc(N2N=C(C(F)(F)F)CC2(O)c2ccccc2)ccc1C=CC. The standard InChI is InChI=1S/C20H18F3N3O/c1-3-7-14-10-11-16(12-17(14)24-2)26-19(27,15-8-5-4-6-9-15)13-18(25-26)20(21,22)23/h3-12,27H,2,13H2,1H3. The zero-order valence-corrected chi connectivity index (χ0v) is 14.6. The van der Waals surface area contributed by atoms with E-state index in [4.69, 9.17) is 0 Å². The molecule has 2 aromatic carbocycles. The summed E-state index contributed by atoms with van der Waals surface area (Å²) in [6, 6.07) is 13.0. The van der Waals surface area contributed by atoms with Crippen molar-refractivity contribution in [2.24, 2.45) is 10.1 Å². The minimum Gasteiger partial charge on any atom is -0.365 e. The van der Waals surface area contributed by atoms with Crippen LogP contribution in [0.15, 0.2) is 64.7 Å². The largest absolute Gasteiger partial charge is 0.431 e. The van der Waals surface area contributed by atoms with Crippen LogP contribution in [-0.4, -0.2) is 23.7 Å². The molecule has 1 atom stereocenters. The molecule has 7 heteroatoms. The van der Waals surface area contributed by atoms with Crippen molar-refractivity contribution in [1.29, 1.82) is 0 Å².